The molecule has 0 radical (unpaired) electrons. The van der Waals surface area contributed by atoms with E-state index in [-0.39, 0.29) is 18.1 Å². The van der Waals surface area contributed by atoms with E-state index in [0.717, 1.165) is 29.7 Å². The molecule has 1 saturated heterocycles. The molecule has 0 bridgehead atoms. The quantitative estimate of drug-likeness (QED) is 0.848. The molecule has 4 rings (SSSR count). The highest BCUT2D eigenvalue weighted by molar-refractivity contribution is 5.95. The Kier molecular flexibility index (Phi) is 4.89. The molecule has 1 aromatic carbocycles. The van der Waals surface area contributed by atoms with Gasteiger partial charge < -0.3 is 14.4 Å². The van der Waals surface area contributed by atoms with Crippen molar-refractivity contribution in [3.63, 3.8) is 0 Å². The van der Waals surface area contributed by atoms with Crippen LogP contribution in [-0.4, -0.2) is 48.2 Å². The number of carbonyl (C=O) groups excluding carboxylic acids is 1. The van der Waals surface area contributed by atoms with Crippen LogP contribution in [-0.2, 0) is 4.74 Å². The maximum atomic E-state index is 13.1. The highest BCUT2D eigenvalue weighted by atomic mass is 16.5. The highest BCUT2D eigenvalue weighted by Gasteiger charge is 2.37. The first-order chi connectivity index (χ1) is 12.8. The summed E-state index contributed by atoms with van der Waals surface area (Å²) >= 11 is 0. The van der Waals surface area contributed by atoms with E-state index < -0.39 is 0 Å². The predicted octanol–water partition coefficient (Wildman–Crippen LogP) is 3.54. The molecule has 2 aromatic rings. The molecule has 136 valence electrons. The van der Waals surface area contributed by atoms with Gasteiger partial charge >= 0.3 is 0 Å². The first kappa shape index (κ1) is 17.0. The van der Waals surface area contributed by atoms with Gasteiger partial charge in [0.25, 0.3) is 5.91 Å². The number of carbonyl (C=O) groups is 1. The summed E-state index contributed by atoms with van der Waals surface area (Å²) in [5.41, 5.74) is 2.60. The third kappa shape index (κ3) is 3.31. The van der Waals surface area contributed by atoms with Crippen molar-refractivity contribution in [3.8, 4) is 16.9 Å². The smallest absolute Gasteiger partial charge is 0.255 e. The third-order valence-corrected chi connectivity index (χ3v) is 5.40. The van der Waals surface area contributed by atoms with E-state index in [9.17, 15) is 4.79 Å². The standard InChI is InChI=1S/C21H24N2O3/c1-25-18-8-6-15(7-9-18)16-12-17(14-22-13-16)21(24)23-10-11-26-20-5-3-2-4-19(20)23/h6-9,12-14,19-20H,2-5,10-11H2,1H3. The second kappa shape index (κ2) is 7.46. The second-order valence-electron chi connectivity index (χ2n) is 6.95. The van der Waals surface area contributed by atoms with Crippen LogP contribution in [0.1, 0.15) is 36.0 Å². The van der Waals surface area contributed by atoms with Gasteiger partial charge in [0.2, 0.25) is 0 Å². The van der Waals surface area contributed by atoms with Crippen LogP contribution in [0.2, 0.25) is 0 Å². The van der Waals surface area contributed by atoms with Gasteiger partial charge in [0, 0.05) is 24.5 Å². The SMILES string of the molecule is COc1ccc(-c2cncc(C(=O)N3CCOC4CCCCC43)c2)cc1. The van der Waals surface area contributed by atoms with Crippen LogP contribution in [0.5, 0.6) is 5.75 Å². The van der Waals surface area contributed by atoms with E-state index in [0.29, 0.717) is 18.7 Å². The Balaban J connectivity index is 1.58. The van der Waals surface area contributed by atoms with E-state index in [1.807, 2.05) is 35.2 Å². The van der Waals surface area contributed by atoms with E-state index >= 15 is 0 Å². The number of pyridine rings is 1. The number of hydrogen-bond donors (Lipinski definition) is 0. The summed E-state index contributed by atoms with van der Waals surface area (Å²) in [6.07, 6.45) is 8.10. The number of methoxy groups -OCH3 is 1. The molecule has 5 nitrogen and oxygen atoms in total. The Labute approximate surface area is 153 Å². The first-order valence-corrected chi connectivity index (χ1v) is 9.28. The van der Waals surface area contributed by atoms with Gasteiger partial charge in [-0.2, -0.15) is 0 Å². The summed E-state index contributed by atoms with van der Waals surface area (Å²) in [6, 6.07) is 9.93. The Morgan fingerprint density at radius 1 is 1.15 bits per heavy atom. The molecular formula is C21H24N2O3. The molecule has 2 atom stereocenters. The predicted molar refractivity (Wildman–Crippen MR) is 99.3 cm³/mol. The van der Waals surface area contributed by atoms with Crippen molar-refractivity contribution >= 4 is 5.91 Å². The van der Waals surface area contributed by atoms with Crippen LogP contribution in [0, 0.1) is 0 Å². The minimum absolute atomic E-state index is 0.0630. The van der Waals surface area contributed by atoms with E-state index in [2.05, 4.69) is 4.98 Å². The van der Waals surface area contributed by atoms with Gasteiger partial charge in [-0.05, 0) is 36.6 Å². The molecule has 2 heterocycles. The molecule has 2 fully saturated rings. The van der Waals surface area contributed by atoms with Crippen LogP contribution >= 0.6 is 0 Å². The Morgan fingerprint density at radius 2 is 1.96 bits per heavy atom. The van der Waals surface area contributed by atoms with Gasteiger partial charge in [-0.3, -0.25) is 9.78 Å². The number of morpholine rings is 1. The largest absolute Gasteiger partial charge is 0.497 e. The number of nitrogens with zero attached hydrogens (tertiary/aromatic N) is 2. The number of fused-ring (bicyclic) bond motifs is 1. The van der Waals surface area contributed by atoms with Crippen LogP contribution in [0.4, 0.5) is 0 Å². The van der Waals surface area contributed by atoms with Gasteiger partial charge in [0.05, 0.1) is 31.4 Å². The molecule has 0 spiro atoms. The molecule has 5 heteroatoms. The van der Waals surface area contributed by atoms with Gasteiger partial charge in [0.15, 0.2) is 0 Å². The van der Waals surface area contributed by atoms with Crippen molar-refractivity contribution in [1.29, 1.82) is 0 Å². The molecule has 1 saturated carbocycles. The fourth-order valence-electron chi connectivity index (χ4n) is 4.01. The lowest BCUT2D eigenvalue weighted by Crippen LogP contribution is -2.54. The number of benzene rings is 1. The molecule has 26 heavy (non-hydrogen) atoms. The normalized spacial score (nSPS) is 22.6. The Bertz CT molecular complexity index is 773. The molecule has 1 amide bonds. The zero-order valence-electron chi connectivity index (χ0n) is 15.1. The zero-order valence-corrected chi connectivity index (χ0v) is 15.1. The van der Waals surface area contributed by atoms with Crippen molar-refractivity contribution in [2.45, 2.75) is 37.8 Å². The van der Waals surface area contributed by atoms with Gasteiger partial charge in [-0.15, -0.1) is 0 Å². The van der Waals surface area contributed by atoms with Crippen molar-refractivity contribution in [2.75, 3.05) is 20.3 Å². The Hall–Kier alpha value is -2.40. The fraction of sp³-hybridized carbons (Fsp3) is 0.429. The van der Waals surface area contributed by atoms with Crippen LogP contribution in [0.15, 0.2) is 42.7 Å². The first-order valence-electron chi connectivity index (χ1n) is 9.28. The minimum atomic E-state index is 0.0630. The summed E-state index contributed by atoms with van der Waals surface area (Å²) in [5.74, 6) is 0.874. The second-order valence-corrected chi connectivity index (χ2v) is 6.95. The van der Waals surface area contributed by atoms with Crippen molar-refractivity contribution in [1.82, 2.24) is 9.88 Å². The summed E-state index contributed by atoms with van der Waals surface area (Å²) in [6.45, 7) is 1.28. The van der Waals surface area contributed by atoms with E-state index in [4.69, 9.17) is 9.47 Å². The molecule has 0 N–H and O–H groups in total. The molecule has 1 aliphatic heterocycles. The lowest BCUT2D eigenvalue weighted by molar-refractivity contribution is -0.0752. The van der Waals surface area contributed by atoms with Crippen LogP contribution < -0.4 is 4.74 Å². The van der Waals surface area contributed by atoms with E-state index in [1.54, 1.807) is 19.5 Å². The number of amides is 1. The van der Waals surface area contributed by atoms with Gasteiger partial charge in [-0.25, -0.2) is 0 Å². The fourth-order valence-corrected chi connectivity index (χ4v) is 4.01. The average molecular weight is 352 g/mol. The third-order valence-electron chi connectivity index (χ3n) is 5.40. The minimum Gasteiger partial charge on any atom is -0.497 e. The maximum absolute atomic E-state index is 13.1. The molecule has 1 aromatic heterocycles. The zero-order chi connectivity index (χ0) is 17.9. The van der Waals surface area contributed by atoms with Gasteiger partial charge in [-0.1, -0.05) is 25.0 Å². The van der Waals surface area contributed by atoms with Crippen LogP contribution in [0.3, 0.4) is 0 Å². The van der Waals surface area contributed by atoms with Crippen molar-refractivity contribution in [3.05, 3.63) is 48.3 Å². The number of ether oxygens (including phenoxy) is 2. The monoisotopic (exact) mass is 352 g/mol. The summed E-state index contributed by atoms with van der Waals surface area (Å²) in [5, 5.41) is 0. The maximum Gasteiger partial charge on any atom is 0.255 e. The van der Waals surface area contributed by atoms with Crippen molar-refractivity contribution in [2.24, 2.45) is 0 Å². The Morgan fingerprint density at radius 3 is 2.77 bits per heavy atom. The highest BCUT2D eigenvalue weighted by Crippen LogP contribution is 2.30. The average Bonchev–Trinajstić information content (AvgIpc) is 2.73. The van der Waals surface area contributed by atoms with Crippen molar-refractivity contribution < 1.29 is 14.3 Å². The summed E-state index contributed by atoms with van der Waals surface area (Å²) in [7, 11) is 1.65. The topological polar surface area (TPSA) is 51.7 Å². The number of hydrogen-bond acceptors (Lipinski definition) is 4. The molecule has 2 aliphatic rings. The van der Waals surface area contributed by atoms with Crippen LogP contribution in [0.25, 0.3) is 11.1 Å². The summed E-state index contributed by atoms with van der Waals surface area (Å²) in [4.78, 5) is 19.5. The van der Waals surface area contributed by atoms with E-state index in [1.165, 1.54) is 12.8 Å². The lowest BCUT2D eigenvalue weighted by Gasteiger charge is -2.43. The molecular weight excluding hydrogens is 328 g/mol. The molecule has 2 unspecified atom stereocenters. The number of rotatable bonds is 3. The lowest BCUT2D eigenvalue weighted by atomic mass is 9.89. The molecule has 1 aliphatic carbocycles. The number of aromatic nitrogens is 1. The summed E-state index contributed by atoms with van der Waals surface area (Å²) < 4.78 is 11.1. The van der Waals surface area contributed by atoms with Gasteiger partial charge in [0.1, 0.15) is 5.75 Å².